The summed E-state index contributed by atoms with van der Waals surface area (Å²) in [4.78, 5) is 21.7. The number of halogens is 4. The van der Waals surface area contributed by atoms with E-state index in [9.17, 15) is 18.0 Å². The Balaban J connectivity index is 1.38. The van der Waals surface area contributed by atoms with Gasteiger partial charge in [0.15, 0.2) is 0 Å². The first-order valence-corrected chi connectivity index (χ1v) is 12.5. The van der Waals surface area contributed by atoms with Crippen LogP contribution < -0.4 is 5.69 Å². The van der Waals surface area contributed by atoms with Crippen LogP contribution in [0.3, 0.4) is 0 Å². The van der Waals surface area contributed by atoms with Gasteiger partial charge in [0, 0.05) is 11.8 Å². The fourth-order valence-corrected chi connectivity index (χ4v) is 5.54. The number of alkyl halides is 3. The van der Waals surface area contributed by atoms with Crippen LogP contribution in [0.25, 0.3) is 16.6 Å². The first kappa shape index (κ1) is 24.3. The molecule has 6 rings (SSSR count). The Morgan fingerprint density at radius 2 is 1.84 bits per heavy atom. The lowest BCUT2D eigenvalue weighted by Gasteiger charge is -2.24. The van der Waals surface area contributed by atoms with Crippen molar-refractivity contribution in [2.45, 2.75) is 30.9 Å². The molecule has 190 valence electrons. The summed E-state index contributed by atoms with van der Waals surface area (Å²) >= 11 is 6.71. The van der Waals surface area contributed by atoms with Crippen LogP contribution in [0.15, 0.2) is 88.7 Å². The minimum atomic E-state index is -4.41. The Hall–Kier alpha value is -4.06. The monoisotopic (exact) mass is 531 g/mol. The third-order valence-electron chi connectivity index (χ3n) is 7.11. The highest BCUT2D eigenvalue weighted by atomic mass is 35.5. The summed E-state index contributed by atoms with van der Waals surface area (Å²) in [5.41, 5.74) is 5.43. The van der Waals surface area contributed by atoms with Gasteiger partial charge in [0.2, 0.25) is 0 Å². The van der Waals surface area contributed by atoms with Gasteiger partial charge in [-0.1, -0.05) is 54.1 Å². The highest BCUT2D eigenvalue weighted by Gasteiger charge is 2.31. The third-order valence-corrected chi connectivity index (χ3v) is 7.40. The van der Waals surface area contributed by atoms with Crippen LogP contribution in [0.4, 0.5) is 18.9 Å². The third kappa shape index (κ3) is 4.55. The molecule has 0 spiro atoms. The molecule has 2 atom stereocenters. The molecule has 4 nitrogen and oxygen atoms in total. The molecule has 0 radical (unpaired) electrons. The molecule has 0 saturated heterocycles. The number of nitrogens with zero attached hydrogens (tertiary/aromatic N) is 1. The molecule has 2 aliphatic rings. The lowest BCUT2D eigenvalue weighted by Crippen LogP contribution is -2.09. The van der Waals surface area contributed by atoms with E-state index >= 15 is 0 Å². The van der Waals surface area contributed by atoms with Gasteiger partial charge in [-0.25, -0.2) is 9.79 Å². The van der Waals surface area contributed by atoms with Gasteiger partial charge >= 0.3 is 11.9 Å². The zero-order valence-corrected chi connectivity index (χ0v) is 20.7. The van der Waals surface area contributed by atoms with E-state index in [0.717, 1.165) is 39.4 Å². The smallest absolute Gasteiger partial charge is 0.306 e. The Morgan fingerprint density at radius 1 is 1.00 bits per heavy atom. The first-order chi connectivity index (χ1) is 18.3. The topological polar surface area (TPSA) is 61.0 Å². The average Bonchev–Trinajstić information content (AvgIpc) is 3.13. The highest BCUT2D eigenvalue weighted by Crippen LogP contribution is 2.43. The number of fused-ring (bicyclic) bond motifs is 2. The summed E-state index contributed by atoms with van der Waals surface area (Å²) in [5.74, 6) is 2.70. The van der Waals surface area contributed by atoms with Gasteiger partial charge < -0.3 is 9.97 Å². The van der Waals surface area contributed by atoms with Gasteiger partial charge in [0.1, 0.15) is 0 Å². The maximum atomic E-state index is 13.4. The number of aliphatic imine (C=N–C) groups is 1. The lowest BCUT2D eigenvalue weighted by molar-refractivity contribution is -0.137. The number of aromatic nitrogens is 2. The maximum absolute atomic E-state index is 13.4. The SMILES string of the molecule is O=c1[nH]c2ccc(C3C=C=Nc4c(Cl)cc(C5=CC=CCC5c5cccc(C(F)(F)F)c5)cc4C3)cc2[nH]1. The van der Waals surface area contributed by atoms with Crippen LogP contribution >= 0.6 is 11.6 Å². The second kappa shape index (κ2) is 9.35. The predicted molar refractivity (Wildman–Crippen MR) is 144 cm³/mol. The maximum Gasteiger partial charge on any atom is 0.416 e. The van der Waals surface area contributed by atoms with E-state index < -0.39 is 11.7 Å². The molecule has 2 N–H and O–H groups in total. The molecule has 2 heterocycles. The van der Waals surface area contributed by atoms with Crippen LogP contribution in [-0.4, -0.2) is 15.8 Å². The van der Waals surface area contributed by atoms with E-state index in [1.807, 2.05) is 54.6 Å². The van der Waals surface area contributed by atoms with Crippen molar-refractivity contribution in [1.82, 2.24) is 9.97 Å². The molecule has 38 heavy (non-hydrogen) atoms. The van der Waals surface area contributed by atoms with Crippen molar-refractivity contribution in [2.75, 3.05) is 0 Å². The van der Waals surface area contributed by atoms with Crippen molar-refractivity contribution >= 4 is 39.8 Å². The molecule has 4 aromatic rings. The lowest BCUT2D eigenvalue weighted by atomic mass is 9.80. The second-order valence-electron chi connectivity index (χ2n) is 9.53. The van der Waals surface area contributed by atoms with Crippen molar-refractivity contribution in [3.63, 3.8) is 0 Å². The molecule has 0 bridgehead atoms. The zero-order chi connectivity index (χ0) is 26.4. The number of H-pyrrole nitrogens is 2. The second-order valence-corrected chi connectivity index (χ2v) is 9.94. The van der Waals surface area contributed by atoms with Crippen LogP contribution in [-0.2, 0) is 12.6 Å². The molecule has 8 heteroatoms. The molecule has 0 saturated carbocycles. The number of imidazole rings is 1. The van der Waals surface area contributed by atoms with Crippen LogP contribution in [0, 0.1) is 0 Å². The number of allylic oxidation sites excluding steroid dienone is 5. The number of hydrogen-bond donors (Lipinski definition) is 2. The summed E-state index contributed by atoms with van der Waals surface area (Å²) in [7, 11) is 0. The number of nitrogens with one attached hydrogen (secondary N) is 2. The van der Waals surface area contributed by atoms with E-state index in [1.54, 1.807) is 6.07 Å². The van der Waals surface area contributed by atoms with Crippen LogP contribution in [0.2, 0.25) is 5.02 Å². The Labute approximate surface area is 220 Å². The van der Waals surface area contributed by atoms with Crippen molar-refractivity contribution < 1.29 is 13.2 Å². The van der Waals surface area contributed by atoms with Gasteiger partial charge in [-0.3, -0.25) is 0 Å². The van der Waals surface area contributed by atoms with Crippen molar-refractivity contribution in [3.8, 4) is 0 Å². The minimum Gasteiger partial charge on any atom is -0.306 e. The minimum absolute atomic E-state index is 0.0615. The van der Waals surface area contributed by atoms with Gasteiger partial charge in [-0.15, -0.1) is 0 Å². The largest absolute Gasteiger partial charge is 0.416 e. The van der Waals surface area contributed by atoms with Crippen molar-refractivity contribution in [3.05, 3.63) is 122 Å². The van der Waals surface area contributed by atoms with E-state index in [-0.39, 0.29) is 17.5 Å². The Bertz CT molecular complexity index is 1750. The van der Waals surface area contributed by atoms with Gasteiger partial charge in [-0.05, 0) is 82.9 Å². The average molecular weight is 532 g/mol. The van der Waals surface area contributed by atoms with E-state index in [2.05, 4.69) is 20.8 Å². The number of hydrogen-bond acceptors (Lipinski definition) is 2. The molecule has 2 unspecified atom stereocenters. The number of aromatic amines is 2. The molecule has 0 amide bonds. The normalized spacial score (nSPS) is 18.9. The van der Waals surface area contributed by atoms with Gasteiger partial charge in [-0.2, -0.15) is 13.2 Å². The number of rotatable bonds is 3. The fourth-order valence-electron chi connectivity index (χ4n) is 5.26. The fraction of sp³-hybridized carbons (Fsp3) is 0.167. The molecule has 3 aromatic carbocycles. The first-order valence-electron chi connectivity index (χ1n) is 12.1. The van der Waals surface area contributed by atoms with Gasteiger partial charge in [0.25, 0.3) is 0 Å². The molecule has 0 fully saturated rings. The molecule has 1 aliphatic carbocycles. The number of benzene rings is 3. The molecular formula is C30H21ClF3N3O. The van der Waals surface area contributed by atoms with Crippen LogP contribution in [0.1, 0.15) is 46.1 Å². The van der Waals surface area contributed by atoms with Crippen molar-refractivity contribution in [2.24, 2.45) is 4.99 Å². The highest BCUT2D eigenvalue weighted by molar-refractivity contribution is 6.33. The summed E-state index contributed by atoms with van der Waals surface area (Å²) in [6, 6.07) is 15.1. The van der Waals surface area contributed by atoms with E-state index in [4.69, 9.17) is 11.6 Å². The Morgan fingerprint density at radius 3 is 2.68 bits per heavy atom. The van der Waals surface area contributed by atoms with Crippen molar-refractivity contribution in [1.29, 1.82) is 0 Å². The van der Waals surface area contributed by atoms with Crippen LogP contribution in [0.5, 0.6) is 0 Å². The van der Waals surface area contributed by atoms with Gasteiger partial charge in [0.05, 0.1) is 27.3 Å². The standard InChI is InChI=1S/C30H21ClF3N3O/c31-25-15-20(24-7-2-1-6-23(24)19-4-3-5-22(14-19)30(32,33)34)13-21-12-18(10-11-35-28(21)25)17-8-9-26-27(16-17)37-29(38)36-26/h1-5,7-10,13-16,18,23H,6,12H2,(H2,36,37,38). The zero-order valence-electron chi connectivity index (χ0n) is 19.9. The summed E-state index contributed by atoms with van der Waals surface area (Å²) in [6.07, 6.45) is 4.48. The molecule has 1 aromatic heterocycles. The molecule has 1 aliphatic heterocycles. The van der Waals surface area contributed by atoms with E-state index in [1.165, 1.54) is 12.1 Å². The molecular weight excluding hydrogens is 511 g/mol. The quantitative estimate of drug-likeness (QED) is 0.278. The summed E-state index contributed by atoms with van der Waals surface area (Å²) in [5, 5.41) is 0.461. The Kier molecular flexibility index (Phi) is 5.98. The summed E-state index contributed by atoms with van der Waals surface area (Å²) in [6.45, 7) is 0. The van der Waals surface area contributed by atoms with E-state index in [0.29, 0.717) is 29.1 Å². The summed E-state index contributed by atoms with van der Waals surface area (Å²) < 4.78 is 40.2. The predicted octanol–water partition coefficient (Wildman–Crippen LogP) is 7.85.